The third-order valence-electron chi connectivity index (χ3n) is 9.33. The van der Waals surface area contributed by atoms with Crippen molar-refractivity contribution in [3.63, 3.8) is 0 Å². The van der Waals surface area contributed by atoms with Crippen LogP contribution in [0.3, 0.4) is 0 Å². The number of amides is 2. The summed E-state index contributed by atoms with van der Waals surface area (Å²) in [6.07, 6.45) is -1.83. The summed E-state index contributed by atoms with van der Waals surface area (Å²) in [6.45, 7) is 8.89. The van der Waals surface area contributed by atoms with Crippen molar-refractivity contribution in [3.8, 4) is 17.3 Å². The molecule has 1 spiro atoms. The zero-order valence-corrected chi connectivity index (χ0v) is 27.4. The Balaban J connectivity index is 1.49. The Morgan fingerprint density at radius 3 is 2.56 bits per heavy atom. The van der Waals surface area contributed by atoms with Crippen molar-refractivity contribution in [2.24, 2.45) is 11.8 Å². The minimum atomic E-state index is -1.30. The van der Waals surface area contributed by atoms with Crippen molar-refractivity contribution in [1.82, 2.24) is 20.6 Å². The highest BCUT2D eigenvalue weighted by Gasteiger charge is 2.61. The van der Waals surface area contributed by atoms with Gasteiger partial charge in [-0.3, -0.25) is 9.59 Å². The van der Waals surface area contributed by atoms with Gasteiger partial charge in [0.2, 0.25) is 23.6 Å². The quantitative estimate of drug-likeness (QED) is 0.222. The molecule has 3 aliphatic heterocycles. The summed E-state index contributed by atoms with van der Waals surface area (Å²) in [4.78, 5) is 49.1. The molecule has 5 atom stereocenters. The van der Waals surface area contributed by atoms with Crippen molar-refractivity contribution in [2.75, 3.05) is 12.4 Å². The second-order valence-electron chi connectivity index (χ2n) is 13.2. The van der Waals surface area contributed by atoms with Gasteiger partial charge in [0.05, 0.1) is 7.11 Å². The number of rotatable bonds is 6. The van der Waals surface area contributed by atoms with Gasteiger partial charge in [-0.2, -0.15) is 0 Å². The Morgan fingerprint density at radius 1 is 1.06 bits per heavy atom. The van der Waals surface area contributed by atoms with Crippen molar-refractivity contribution >= 4 is 23.5 Å². The van der Waals surface area contributed by atoms with Crippen molar-refractivity contribution < 1.29 is 37.8 Å². The molecule has 13 nitrogen and oxygen atoms in total. The van der Waals surface area contributed by atoms with Crippen molar-refractivity contribution in [2.45, 2.75) is 70.9 Å². The van der Waals surface area contributed by atoms with Crippen LogP contribution in [0.15, 0.2) is 51.3 Å². The molecule has 7 rings (SSSR count). The number of methoxy groups -OCH3 is 1. The van der Waals surface area contributed by atoms with Gasteiger partial charge in [-0.05, 0) is 42.0 Å². The highest BCUT2D eigenvalue weighted by molar-refractivity contribution is 5.90. The molecule has 13 heteroatoms. The van der Waals surface area contributed by atoms with Crippen LogP contribution in [-0.4, -0.2) is 58.3 Å². The molecule has 3 aliphatic rings. The van der Waals surface area contributed by atoms with Crippen LogP contribution in [0.5, 0.6) is 5.75 Å². The van der Waals surface area contributed by atoms with E-state index >= 15 is 0 Å². The molecule has 3 unspecified atom stereocenters. The first-order chi connectivity index (χ1) is 22.9. The number of carbonyl (C=O) groups is 3. The molecule has 0 saturated heterocycles. The molecule has 250 valence electrons. The molecule has 4 aromatic rings. The Hall–Kier alpha value is -5.17. The summed E-state index contributed by atoms with van der Waals surface area (Å²) in [6, 6.07) is 11.6. The van der Waals surface area contributed by atoms with Crippen molar-refractivity contribution in [3.05, 3.63) is 82.3 Å². The number of benzene rings is 2. The van der Waals surface area contributed by atoms with Crippen LogP contribution in [0.2, 0.25) is 0 Å². The molecular formula is C35H37N5O8. The topological polar surface area (TPSA) is 178 Å². The van der Waals surface area contributed by atoms with E-state index in [1.165, 1.54) is 7.11 Å². The predicted octanol–water partition coefficient (Wildman–Crippen LogP) is 3.77. The van der Waals surface area contributed by atoms with Gasteiger partial charge in [0.15, 0.2) is 23.4 Å². The number of nitrogens with zero attached hydrogens (tertiary/aromatic N) is 2. The Labute approximate surface area is 276 Å². The molecule has 0 aliphatic carbocycles. The number of oxazole rings is 2. The van der Waals surface area contributed by atoms with Gasteiger partial charge in [-0.1, -0.05) is 58.0 Å². The summed E-state index contributed by atoms with van der Waals surface area (Å²) in [5, 5.41) is 19.8. The molecule has 5 heterocycles. The van der Waals surface area contributed by atoms with Crippen LogP contribution in [-0.2, 0) is 26.2 Å². The largest absolute Gasteiger partial charge is 0.469 e. The number of fused-ring (bicyclic) bond motifs is 4. The molecule has 2 amide bonds. The molecule has 2 aromatic carbocycles. The molecule has 48 heavy (non-hydrogen) atoms. The monoisotopic (exact) mass is 655 g/mol. The zero-order chi connectivity index (χ0) is 34.1. The van der Waals surface area contributed by atoms with E-state index in [1.807, 2.05) is 56.3 Å². The van der Waals surface area contributed by atoms with E-state index in [9.17, 15) is 19.5 Å². The minimum Gasteiger partial charge on any atom is -0.469 e. The lowest BCUT2D eigenvalue weighted by molar-refractivity contribution is -0.135. The van der Waals surface area contributed by atoms with E-state index in [0.29, 0.717) is 11.5 Å². The van der Waals surface area contributed by atoms with E-state index in [4.69, 9.17) is 23.3 Å². The molecule has 4 bridgehead atoms. The number of hydrogen-bond donors (Lipinski definition) is 4. The number of anilines is 1. The maximum Gasteiger partial charge on any atom is 0.360 e. The van der Waals surface area contributed by atoms with Crippen LogP contribution in [0.1, 0.15) is 78.3 Å². The number of aryl methyl sites for hydroxylation is 1. The molecule has 0 saturated carbocycles. The van der Waals surface area contributed by atoms with E-state index < -0.39 is 47.6 Å². The maximum absolute atomic E-state index is 14.0. The van der Waals surface area contributed by atoms with Crippen LogP contribution >= 0.6 is 0 Å². The van der Waals surface area contributed by atoms with Gasteiger partial charge < -0.3 is 39.4 Å². The minimum absolute atomic E-state index is 0.00107. The van der Waals surface area contributed by atoms with Crippen LogP contribution in [0.25, 0.3) is 11.6 Å². The van der Waals surface area contributed by atoms with Crippen molar-refractivity contribution in [1.29, 1.82) is 0 Å². The van der Waals surface area contributed by atoms with Gasteiger partial charge in [-0.15, -0.1) is 0 Å². The Morgan fingerprint density at radius 2 is 1.83 bits per heavy atom. The number of aliphatic hydroxyl groups is 1. The second-order valence-corrected chi connectivity index (χ2v) is 13.2. The lowest BCUT2D eigenvalue weighted by Gasteiger charge is -2.29. The number of ether oxygens (including phenoxy) is 2. The first-order valence-corrected chi connectivity index (χ1v) is 16.0. The first kappa shape index (κ1) is 31.4. The number of aliphatic hydroxyl groups excluding tert-OH is 1. The molecular weight excluding hydrogens is 618 g/mol. The molecule has 0 fully saturated rings. The number of carbonyl (C=O) groups excluding carboxylic acids is 3. The third kappa shape index (κ3) is 4.75. The maximum atomic E-state index is 14.0. The molecule has 2 aromatic heterocycles. The number of aromatic nitrogens is 2. The smallest absolute Gasteiger partial charge is 0.360 e. The molecule has 0 radical (unpaired) electrons. The highest BCUT2D eigenvalue weighted by Crippen LogP contribution is 2.59. The highest BCUT2D eigenvalue weighted by atomic mass is 16.5. The number of para-hydroxylation sites is 1. The summed E-state index contributed by atoms with van der Waals surface area (Å²) >= 11 is 0. The summed E-state index contributed by atoms with van der Waals surface area (Å²) in [5.41, 5.74) is 2.31. The average Bonchev–Trinajstić information content (AvgIpc) is 3.81. The van der Waals surface area contributed by atoms with E-state index in [-0.39, 0.29) is 47.2 Å². The lowest BCUT2D eigenvalue weighted by atomic mass is 9.72. The van der Waals surface area contributed by atoms with Gasteiger partial charge in [-0.25, -0.2) is 14.8 Å². The van der Waals surface area contributed by atoms with E-state index in [2.05, 4.69) is 20.9 Å². The number of hydrogen-bond acceptors (Lipinski definition) is 11. The molecule has 4 N–H and O–H groups in total. The Kier molecular flexibility index (Phi) is 7.54. The zero-order valence-electron chi connectivity index (χ0n) is 27.4. The number of esters is 1. The fourth-order valence-electron chi connectivity index (χ4n) is 6.79. The standard InChI is InChI=1S/C35H37N5O8/c1-15(2)24-31-40-26(32-39-25(17(5)46-32)33(44)45-6)28(48-31)35-19-9-7-8-10-21(19)37-34(35)47-23-12-11-18(13-20(23)35)14-22(29(42)38-24)36-30(43)27(41)16(3)4/h7-13,15-16,22,24,27,34,37,41H,14H2,1-6H3,(H,36,43)(H,38,42)/t22?,24-,27-,34?,35?/m0/s1. The number of nitrogens with one attached hydrogen (secondary N) is 3. The van der Waals surface area contributed by atoms with Gasteiger partial charge in [0, 0.05) is 17.7 Å². The normalized spacial score (nSPS) is 22.9. The fourth-order valence-corrected chi connectivity index (χ4v) is 6.79. The second kappa shape index (κ2) is 11.5. The van der Waals surface area contributed by atoms with Crippen LogP contribution in [0, 0.1) is 18.8 Å². The third-order valence-corrected chi connectivity index (χ3v) is 9.33. The Bertz CT molecular complexity index is 1950. The van der Waals surface area contributed by atoms with Gasteiger partial charge in [0.25, 0.3) is 0 Å². The average molecular weight is 656 g/mol. The van der Waals surface area contributed by atoms with E-state index in [1.54, 1.807) is 20.8 Å². The predicted molar refractivity (Wildman–Crippen MR) is 171 cm³/mol. The summed E-state index contributed by atoms with van der Waals surface area (Å²) in [7, 11) is 1.27. The van der Waals surface area contributed by atoms with E-state index in [0.717, 1.165) is 22.4 Å². The summed E-state index contributed by atoms with van der Waals surface area (Å²) < 4.78 is 24.4. The summed E-state index contributed by atoms with van der Waals surface area (Å²) in [5.74, 6) is -0.951. The fraction of sp³-hybridized carbons (Fsp3) is 0.400. The van der Waals surface area contributed by atoms with Crippen LogP contribution in [0.4, 0.5) is 5.69 Å². The van der Waals surface area contributed by atoms with Crippen LogP contribution < -0.4 is 20.7 Å². The van der Waals surface area contributed by atoms with Gasteiger partial charge in [0.1, 0.15) is 35.1 Å². The first-order valence-electron chi connectivity index (χ1n) is 16.0. The lowest BCUT2D eigenvalue weighted by Crippen LogP contribution is -2.52. The van der Waals surface area contributed by atoms with Gasteiger partial charge >= 0.3 is 5.97 Å². The SMILES string of the molecule is COC(=O)c1nc(-c2nc3oc2C24c5ccccc5NC2Oc2ccc(cc24)CC(NC(=O)[C@@H](O)C(C)C)C(=O)N[C@H]3C(C)C)oc1C.